The summed E-state index contributed by atoms with van der Waals surface area (Å²) in [4.78, 5) is 0. The highest BCUT2D eigenvalue weighted by atomic mass is 35.5. The summed E-state index contributed by atoms with van der Waals surface area (Å²) in [5.74, 6) is 0.749. The molecule has 0 spiro atoms. The van der Waals surface area contributed by atoms with E-state index in [1.807, 2.05) is 19.1 Å². The fourth-order valence-corrected chi connectivity index (χ4v) is 1.34. The maximum Gasteiger partial charge on any atom is 0.188 e. The van der Waals surface area contributed by atoms with Crippen molar-refractivity contribution < 1.29 is 9.47 Å². The molecule has 1 rings (SSSR count). The monoisotopic (exact) mass is 225 g/mol. The van der Waals surface area contributed by atoms with Gasteiger partial charge in [0, 0.05) is 17.7 Å². The minimum Gasteiger partial charge on any atom is -0.467 e. The zero-order chi connectivity index (χ0) is 11.3. The van der Waals surface area contributed by atoms with Crippen LogP contribution in [0.3, 0.4) is 0 Å². The van der Waals surface area contributed by atoms with Gasteiger partial charge in [0.1, 0.15) is 5.75 Å². The summed E-state index contributed by atoms with van der Waals surface area (Å²) < 4.78 is 10.3. The lowest BCUT2D eigenvalue weighted by Crippen LogP contribution is -2.01. The topological polar surface area (TPSA) is 18.5 Å². The normalized spacial score (nSPS) is 11.6. The third-order valence-electron chi connectivity index (χ3n) is 2.00. The molecule has 1 aromatic carbocycles. The average Bonchev–Trinajstić information content (AvgIpc) is 2.26. The predicted octanol–water partition coefficient (Wildman–Crippen LogP) is 3.56. The van der Waals surface area contributed by atoms with Crippen molar-refractivity contribution in [1.29, 1.82) is 0 Å². The highest BCUT2D eigenvalue weighted by Crippen LogP contribution is 2.28. The number of benzene rings is 1. The zero-order valence-corrected chi connectivity index (χ0v) is 9.67. The van der Waals surface area contributed by atoms with E-state index < -0.39 is 0 Å². The molecule has 0 amide bonds. The van der Waals surface area contributed by atoms with Gasteiger partial charge in [0.05, 0.1) is 0 Å². The van der Waals surface area contributed by atoms with Gasteiger partial charge in [-0.2, -0.15) is 0 Å². The van der Waals surface area contributed by atoms with Crippen molar-refractivity contribution in [3.8, 4) is 5.75 Å². The predicted molar refractivity (Wildman–Crippen MR) is 63.0 cm³/mol. The van der Waals surface area contributed by atoms with Gasteiger partial charge in [-0.25, -0.2) is 0 Å². The highest BCUT2D eigenvalue weighted by molar-refractivity contribution is 6.30. The minimum absolute atomic E-state index is 0.221. The van der Waals surface area contributed by atoms with E-state index in [-0.39, 0.29) is 6.79 Å². The van der Waals surface area contributed by atoms with Crippen LogP contribution >= 0.6 is 11.6 Å². The highest BCUT2D eigenvalue weighted by Gasteiger charge is 2.05. The summed E-state index contributed by atoms with van der Waals surface area (Å²) in [6.45, 7) is 5.90. The van der Waals surface area contributed by atoms with E-state index in [9.17, 15) is 0 Å². The molecule has 2 nitrogen and oxygen atoms in total. The van der Waals surface area contributed by atoms with Crippen molar-refractivity contribution in [3.63, 3.8) is 0 Å². The molecule has 0 unspecified atom stereocenters. The SMILES string of the molecule is [CH2]C=C(C)c1cc(Cl)ccc1OCOC. The number of ether oxygens (including phenoxy) is 2. The van der Waals surface area contributed by atoms with Crippen molar-refractivity contribution >= 4 is 17.2 Å². The second-order valence-corrected chi connectivity index (χ2v) is 3.51. The maximum atomic E-state index is 5.92. The van der Waals surface area contributed by atoms with E-state index in [2.05, 4.69) is 6.92 Å². The van der Waals surface area contributed by atoms with Crippen LogP contribution in [0.4, 0.5) is 0 Å². The Hall–Kier alpha value is -0.990. The Morgan fingerprint density at radius 3 is 2.87 bits per heavy atom. The molecule has 1 aromatic rings. The first-order chi connectivity index (χ1) is 7.19. The molecule has 0 saturated heterocycles. The summed E-state index contributed by atoms with van der Waals surface area (Å²) in [6.07, 6.45) is 1.77. The van der Waals surface area contributed by atoms with Crippen LogP contribution in [0.1, 0.15) is 12.5 Å². The first-order valence-electron chi connectivity index (χ1n) is 4.56. The van der Waals surface area contributed by atoms with Crippen LogP contribution in [0, 0.1) is 6.92 Å². The number of rotatable bonds is 4. The molecule has 0 aromatic heterocycles. The number of hydrogen-bond acceptors (Lipinski definition) is 2. The van der Waals surface area contributed by atoms with Crippen LogP contribution in [0.15, 0.2) is 24.3 Å². The smallest absolute Gasteiger partial charge is 0.188 e. The number of halogens is 1. The first kappa shape index (κ1) is 12.1. The minimum atomic E-state index is 0.221. The van der Waals surface area contributed by atoms with E-state index in [0.29, 0.717) is 5.02 Å². The molecule has 0 aliphatic rings. The molecule has 0 aliphatic heterocycles. The van der Waals surface area contributed by atoms with E-state index in [4.69, 9.17) is 21.1 Å². The quantitative estimate of drug-likeness (QED) is 0.730. The standard InChI is InChI=1S/C12H14ClO2/c1-4-9(2)11-7-10(13)5-6-12(11)15-8-14-3/h4-7H,1,8H2,2-3H3. The Morgan fingerprint density at radius 1 is 1.53 bits per heavy atom. The van der Waals surface area contributed by atoms with Crippen LogP contribution in [0.5, 0.6) is 5.75 Å². The van der Waals surface area contributed by atoms with Crippen LogP contribution in [-0.4, -0.2) is 13.9 Å². The van der Waals surface area contributed by atoms with E-state index in [0.717, 1.165) is 16.9 Å². The lowest BCUT2D eigenvalue weighted by molar-refractivity contribution is 0.0509. The number of allylic oxidation sites excluding steroid dienone is 2. The molecule has 81 valence electrons. The molecule has 0 aliphatic carbocycles. The largest absolute Gasteiger partial charge is 0.467 e. The van der Waals surface area contributed by atoms with Gasteiger partial charge < -0.3 is 9.47 Å². The van der Waals surface area contributed by atoms with Crippen molar-refractivity contribution in [2.45, 2.75) is 6.92 Å². The second-order valence-electron chi connectivity index (χ2n) is 3.08. The maximum absolute atomic E-state index is 5.92. The van der Waals surface area contributed by atoms with Crippen LogP contribution in [0.2, 0.25) is 5.02 Å². The molecule has 3 heteroatoms. The van der Waals surface area contributed by atoms with Gasteiger partial charge in [-0.05, 0) is 37.6 Å². The Balaban J connectivity index is 3.03. The van der Waals surface area contributed by atoms with Crippen molar-refractivity contribution in [3.05, 3.63) is 41.8 Å². The lowest BCUT2D eigenvalue weighted by atomic mass is 10.1. The summed E-state index contributed by atoms with van der Waals surface area (Å²) in [5, 5.41) is 0.677. The first-order valence-corrected chi connectivity index (χ1v) is 4.94. The van der Waals surface area contributed by atoms with Gasteiger partial charge in [0.15, 0.2) is 6.79 Å². The Bertz CT molecular complexity index is 359. The van der Waals surface area contributed by atoms with Crippen LogP contribution in [0.25, 0.3) is 5.57 Å². The fraction of sp³-hybridized carbons (Fsp3) is 0.250. The molecule has 0 N–H and O–H groups in total. The molecule has 15 heavy (non-hydrogen) atoms. The molecular formula is C12H14ClO2. The van der Waals surface area contributed by atoms with Crippen molar-refractivity contribution in [2.24, 2.45) is 0 Å². The molecule has 0 saturated carbocycles. The Kier molecular flexibility index (Phi) is 4.66. The van der Waals surface area contributed by atoms with Gasteiger partial charge in [0.25, 0.3) is 0 Å². The van der Waals surface area contributed by atoms with Gasteiger partial charge in [-0.1, -0.05) is 17.7 Å². The lowest BCUT2D eigenvalue weighted by Gasteiger charge is -2.11. The van der Waals surface area contributed by atoms with E-state index >= 15 is 0 Å². The van der Waals surface area contributed by atoms with Gasteiger partial charge >= 0.3 is 0 Å². The summed E-state index contributed by atoms with van der Waals surface area (Å²) in [6, 6.07) is 5.46. The van der Waals surface area contributed by atoms with Gasteiger partial charge in [-0.15, -0.1) is 0 Å². The van der Waals surface area contributed by atoms with E-state index in [1.165, 1.54) is 0 Å². The molecule has 0 heterocycles. The van der Waals surface area contributed by atoms with E-state index in [1.54, 1.807) is 19.3 Å². The Labute approximate surface area is 95.5 Å². The third kappa shape index (κ3) is 3.26. The van der Waals surface area contributed by atoms with Crippen molar-refractivity contribution in [1.82, 2.24) is 0 Å². The fourth-order valence-electron chi connectivity index (χ4n) is 1.17. The molecule has 0 atom stereocenters. The number of hydrogen-bond donors (Lipinski definition) is 0. The molecule has 1 radical (unpaired) electrons. The van der Waals surface area contributed by atoms with Crippen LogP contribution < -0.4 is 4.74 Å². The summed E-state index contributed by atoms with van der Waals surface area (Å²) >= 11 is 5.92. The number of methoxy groups -OCH3 is 1. The second kappa shape index (κ2) is 5.79. The van der Waals surface area contributed by atoms with Crippen LogP contribution in [-0.2, 0) is 4.74 Å². The molecular weight excluding hydrogens is 212 g/mol. The average molecular weight is 226 g/mol. The summed E-state index contributed by atoms with van der Waals surface area (Å²) in [7, 11) is 1.58. The molecule has 0 fully saturated rings. The zero-order valence-electron chi connectivity index (χ0n) is 8.92. The molecule has 0 bridgehead atoms. The van der Waals surface area contributed by atoms with Gasteiger partial charge in [-0.3, -0.25) is 0 Å². The summed E-state index contributed by atoms with van der Waals surface area (Å²) in [5.41, 5.74) is 1.96. The van der Waals surface area contributed by atoms with Crippen molar-refractivity contribution in [2.75, 3.05) is 13.9 Å². The third-order valence-corrected chi connectivity index (χ3v) is 2.24. The Morgan fingerprint density at radius 2 is 2.27 bits per heavy atom. The van der Waals surface area contributed by atoms with Gasteiger partial charge in [0.2, 0.25) is 0 Å².